The van der Waals surface area contributed by atoms with E-state index in [1.165, 1.54) is 0 Å². The first-order valence-electron chi connectivity index (χ1n) is 22.8. The zero-order valence-corrected chi connectivity index (χ0v) is 36.5. The molecule has 318 valence electrons. The van der Waals surface area contributed by atoms with E-state index in [0.717, 1.165) is 128 Å². The van der Waals surface area contributed by atoms with Gasteiger partial charge in [-0.3, -0.25) is 15.0 Å². The van der Waals surface area contributed by atoms with Crippen molar-refractivity contribution in [3.63, 3.8) is 0 Å². The molecule has 0 radical (unpaired) electrons. The van der Waals surface area contributed by atoms with Gasteiger partial charge in [0.05, 0.1) is 91.2 Å². The molecule has 1 aliphatic heterocycles. The van der Waals surface area contributed by atoms with Crippen molar-refractivity contribution in [1.29, 1.82) is 10.5 Å². The second-order valence-corrected chi connectivity index (χ2v) is 17.8. The molecule has 0 saturated heterocycles. The van der Waals surface area contributed by atoms with Crippen LogP contribution >= 0.6 is 0 Å². The lowest BCUT2D eigenvalue weighted by Gasteiger charge is -2.39. The van der Waals surface area contributed by atoms with Crippen molar-refractivity contribution in [2.45, 2.75) is 5.41 Å². The Balaban J connectivity index is 0.950. The second kappa shape index (κ2) is 13.6. The summed E-state index contributed by atoms with van der Waals surface area (Å²) in [5.41, 5.74) is 15.1. The molecule has 7 aromatic carbocycles. The molecule has 1 atom stereocenters. The molecule has 9 heteroatoms. The van der Waals surface area contributed by atoms with Gasteiger partial charge in [0, 0.05) is 78.8 Å². The minimum atomic E-state index is -0.828. The van der Waals surface area contributed by atoms with Crippen molar-refractivity contribution in [3.05, 3.63) is 228 Å². The molecule has 13 aromatic rings. The highest BCUT2D eigenvalue weighted by molar-refractivity contribution is 6.13. The van der Waals surface area contributed by atoms with Crippen LogP contribution in [0.4, 0.5) is 0 Å². The molecular formula is C60H32N8O. The Morgan fingerprint density at radius 3 is 1.71 bits per heavy atom. The van der Waals surface area contributed by atoms with Gasteiger partial charge in [0.15, 0.2) is 0 Å². The molecule has 0 N–H and O–H groups in total. The Bertz CT molecular complexity index is 4520. The molecule has 69 heavy (non-hydrogen) atoms. The van der Waals surface area contributed by atoms with Crippen molar-refractivity contribution in [1.82, 2.24) is 28.7 Å². The zero-order valence-electron chi connectivity index (χ0n) is 36.5. The van der Waals surface area contributed by atoms with Crippen molar-refractivity contribution in [2.75, 3.05) is 0 Å². The van der Waals surface area contributed by atoms with Crippen molar-refractivity contribution in [3.8, 4) is 52.1 Å². The fraction of sp³-hybridized carbons (Fsp3) is 0.0167. The zero-order chi connectivity index (χ0) is 45.5. The molecule has 1 spiro atoms. The van der Waals surface area contributed by atoms with E-state index in [1.807, 2.05) is 85.5 Å². The SMILES string of the molecule is N#Cc1ccc2c(c1)c1ccccc1n2-c1cnc2c(c1)C1(c3ccccc3Oc3cc(-n4c5ccc(-n6c7ccccc7c7cc(C#N)ccc76)cc5c5ccncc54)ccc31)c1cccnc1-2. The van der Waals surface area contributed by atoms with Crippen LogP contribution in [0.3, 0.4) is 0 Å². The lowest BCUT2D eigenvalue weighted by molar-refractivity contribution is 0.436. The van der Waals surface area contributed by atoms with Gasteiger partial charge in [-0.2, -0.15) is 10.5 Å². The molecule has 9 nitrogen and oxygen atoms in total. The number of nitriles is 2. The predicted molar refractivity (Wildman–Crippen MR) is 270 cm³/mol. The standard InChI is InChI=1S/C60H32N8O/c61-31-35-15-20-52-43(26-35)40-8-1-4-12-50(40)66(52)37-18-22-54-45(28-37)42-23-25-63-34-55(42)67(54)38-17-19-47-57(30-38)69-56-14-6-3-10-46(56)60(47)48-11-7-24-64-58(48)59-49(60)29-39(33-65-59)68-51-13-5-2-9-41(51)44-27-36(32-62)16-21-53(44)68/h1-30,33-34H. The maximum Gasteiger partial charge on any atom is 0.134 e. The Kier molecular flexibility index (Phi) is 7.38. The van der Waals surface area contributed by atoms with E-state index in [0.29, 0.717) is 11.1 Å². The van der Waals surface area contributed by atoms with E-state index in [9.17, 15) is 10.5 Å². The lowest BCUT2D eigenvalue weighted by Crippen LogP contribution is -2.32. The van der Waals surface area contributed by atoms with E-state index >= 15 is 0 Å². The minimum absolute atomic E-state index is 0.616. The van der Waals surface area contributed by atoms with Gasteiger partial charge in [0.2, 0.25) is 0 Å². The monoisotopic (exact) mass is 880 g/mol. The van der Waals surface area contributed by atoms with Gasteiger partial charge >= 0.3 is 0 Å². The summed E-state index contributed by atoms with van der Waals surface area (Å²) in [6, 6.07) is 63.3. The van der Waals surface area contributed by atoms with Gasteiger partial charge in [-0.15, -0.1) is 0 Å². The minimum Gasteiger partial charge on any atom is -0.457 e. The molecule has 0 fully saturated rings. The average molecular weight is 881 g/mol. The van der Waals surface area contributed by atoms with Gasteiger partial charge in [0.25, 0.3) is 0 Å². The van der Waals surface area contributed by atoms with Crippen LogP contribution in [0, 0.1) is 22.7 Å². The van der Waals surface area contributed by atoms with Crippen LogP contribution in [-0.2, 0) is 5.41 Å². The molecular weight excluding hydrogens is 849 g/mol. The normalized spacial score (nSPS) is 14.5. The summed E-state index contributed by atoms with van der Waals surface area (Å²) >= 11 is 0. The quantitative estimate of drug-likeness (QED) is 0.175. The Labute approximate surface area is 393 Å². The third-order valence-corrected chi connectivity index (χ3v) is 14.5. The van der Waals surface area contributed by atoms with Crippen LogP contribution in [0.5, 0.6) is 11.5 Å². The van der Waals surface area contributed by atoms with E-state index in [-0.39, 0.29) is 0 Å². The third-order valence-electron chi connectivity index (χ3n) is 14.5. The van der Waals surface area contributed by atoms with Crippen molar-refractivity contribution in [2.24, 2.45) is 0 Å². The lowest BCUT2D eigenvalue weighted by atomic mass is 9.66. The highest BCUT2D eigenvalue weighted by Gasteiger charge is 2.52. The molecule has 15 rings (SSSR count). The largest absolute Gasteiger partial charge is 0.457 e. The van der Waals surface area contributed by atoms with Gasteiger partial charge in [-0.05, 0) is 103 Å². The molecule has 7 heterocycles. The maximum absolute atomic E-state index is 9.87. The van der Waals surface area contributed by atoms with E-state index < -0.39 is 5.41 Å². The number of fused-ring (bicyclic) bond motifs is 18. The smallest absolute Gasteiger partial charge is 0.134 e. The van der Waals surface area contributed by atoms with E-state index in [2.05, 4.69) is 140 Å². The van der Waals surface area contributed by atoms with Gasteiger partial charge in [-0.1, -0.05) is 66.7 Å². The van der Waals surface area contributed by atoms with Gasteiger partial charge in [-0.25, -0.2) is 0 Å². The molecule has 1 aliphatic carbocycles. The molecule has 6 aromatic heterocycles. The first-order chi connectivity index (χ1) is 34.1. The number of benzene rings is 7. The van der Waals surface area contributed by atoms with Gasteiger partial charge < -0.3 is 18.4 Å². The Hall–Kier alpha value is -9.83. The fourth-order valence-electron chi connectivity index (χ4n) is 11.8. The third kappa shape index (κ3) is 4.87. The average Bonchev–Trinajstić information content (AvgIpc) is 4.12. The number of nitrogens with zero attached hydrogens (tertiary/aromatic N) is 8. The van der Waals surface area contributed by atoms with Crippen molar-refractivity contribution < 1.29 is 4.74 Å². The Morgan fingerprint density at radius 1 is 0.391 bits per heavy atom. The summed E-state index contributed by atoms with van der Waals surface area (Å²) < 4.78 is 13.9. The number of rotatable bonds is 3. The number of hydrogen-bond donors (Lipinski definition) is 0. The highest BCUT2D eigenvalue weighted by atomic mass is 16.5. The predicted octanol–water partition coefficient (Wildman–Crippen LogP) is 13.4. The number of hydrogen-bond acceptors (Lipinski definition) is 6. The highest BCUT2D eigenvalue weighted by Crippen LogP contribution is 2.62. The number of para-hydroxylation sites is 3. The van der Waals surface area contributed by atoms with Crippen LogP contribution in [-0.4, -0.2) is 28.7 Å². The fourth-order valence-corrected chi connectivity index (χ4v) is 11.8. The topological polar surface area (TPSA) is 110 Å². The molecule has 2 aliphatic rings. The van der Waals surface area contributed by atoms with Crippen molar-refractivity contribution >= 4 is 65.4 Å². The van der Waals surface area contributed by atoms with Crippen LogP contribution in [0.15, 0.2) is 195 Å². The first-order valence-corrected chi connectivity index (χ1v) is 22.8. The molecule has 1 unspecified atom stereocenters. The molecule has 0 bridgehead atoms. The van der Waals surface area contributed by atoms with E-state index in [1.54, 1.807) is 0 Å². The molecule has 0 saturated carbocycles. The van der Waals surface area contributed by atoms with E-state index in [4.69, 9.17) is 14.7 Å². The van der Waals surface area contributed by atoms with Crippen LogP contribution in [0.1, 0.15) is 33.4 Å². The maximum atomic E-state index is 9.87. The summed E-state index contributed by atoms with van der Waals surface area (Å²) in [7, 11) is 0. The molecule has 0 amide bonds. The summed E-state index contributed by atoms with van der Waals surface area (Å²) in [5, 5.41) is 26.0. The summed E-state index contributed by atoms with van der Waals surface area (Å²) in [6.07, 6.45) is 7.59. The summed E-state index contributed by atoms with van der Waals surface area (Å²) in [4.78, 5) is 15.0. The summed E-state index contributed by atoms with van der Waals surface area (Å²) in [6.45, 7) is 0. The number of pyridine rings is 3. The first kappa shape index (κ1) is 37.4. The van der Waals surface area contributed by atoms with Gasteiger partial charge in [0.1, 0.15) is 11.5 Å². The second-order valence-electron chi connectivity index (χ2n) is 17.8. The van der Waals surface area contributed by atoms with Crippen LogP contribution in [0.2, 0.25) is 0 Å². The van der Waals surface area contributed by atoms with Crippen LogP contribution in [0.25, 0.3) is 93.9 Å². The number of ether oxygens (including phenoxy) is 1. The summed E-state index contributed by atoms with van der Waals surface area (Å²) in [5.74, 6) is 1.50. The Morgan fingerprint density at radius 2 is 0.957 bits per heavy atom. The number of aromatic nitrogens is 6. The van der Waals surface area contributed by atoms with Crippen LogP contribution < -0.4 is 4.74 Å².